The van der Waals surface area contributed by atoms with Crippen molar-refractivity contribution in [2.75, 3.05) is 12.4 Å². The highest BCUT2D eigenvalue weighted by Gasteiger charge is 2.37. The SMILES string of the molecule is CCCC(SCCOc1ccc(CCC(=O)C(F)(F)F)cc1)(c1ccc(Cl)cc1)c1ccc(Cl)cc1. The van der Waals surface area contributed by atoms with Gasteiger partial charge in [-0.05, 0) is 65.9 Å². The number of alkyl halides is 3. The number of ether oxygens (including phenoxy) is 1. The Morgan fingerprint density at radius 1 is 0.861 bits per heavy atom. The first-order chi connectivity index (χ1) is 17.1. The Morgan fingerprint density at radius 3 is 1.86 bits per heavy atom. The largest absolute Gasteiger partial charge is 0.493 e. The summed E-state index contributed by atoms with van der Waals surface area (Å²) in [5.74, 6) is -0.384. The molecule has 0 heterocycles. The molecular formula is C28H27Cl2F3O2S. The van der Waals surface area contributed by atoms with Crippen LogP contribution in [-0.2, 0) is 16.0 Å². The lowest BCUT2D eigenvalue weighted by molar-refractivity contribution is -0.171. The van der Waals surface area contributed by atoms with Crippen LogP contribution >= 0.6 is 35.0 Å². The number of rotatable bonds is 12. The second-order valence-corrected chi connectivity index (χ2v) is 10.6. The molecule has 0 radical (unpaired) electrons. The molecule has 3 aromatic rings. The van der Waals surface area contributed by atoms with Crippen molar-refractivity contribution >= 4 is 40.7 Å². The highest BCUT2D eigenvalue weighted by atomic mass is 35.5. The molecule has 0 fully saturated rings. The third-order valence-electron chi connectivity index (χ3n) is 5.80. The van der Waals surface area contributed by atoms with Gasteiger partial charge in [0, 0.05) is 22.2 Å². The second kappa shape index (κ2) is 12.9. The van der Waals surface area contributed by atoms with E-state index in [1.54, 1.807) is 36.0 Å². The maximum absolute atomic E-state index is 12.4. The Balaban J connectivity index is 1.66. The van der Waals surface area contributed by atoms with E-state index in [0.29, 0.717) is 33.7 Å². The van der Waals surface area contributed by atoms with Crippen molar-refractivity contribution in [3.8, 4) is 5.75 Å². The minimum Gasteiger partial charge on any atom is -0.493 e. The number of Topliss-reactive ketones (excluding diaryl/α,β-unsaturated/α-hetero) is 1. The number of ketones is 1. The molecule has 8 heteroatoms. The van der Waals surface area contributed by atoms with Gasteiger partial charge in [-0.15, -0.1) is 11.8 Å². The average Bonchev–Trinajstić information content (AvgIpc) is 2.85. The Bertz CT molecular complexity index is 1070. The number of carbonyl (C=O) groups excluding carboxylic acids is 1. The number of hydrogen-bond acceptors (Lipinski definition) is 3. The van der Waals surface area contributed by atoms with Gasteiger partial charge >= 0.3 is 6.18 Å². The zero-order valence-corrected chi connectivity index (χ0v) is 22.1. The van der Waals surface area contributed by atoms with Crippen molar-refractivity contribution in [2.24, 2.45) is 0 Å². The van der Waals surface area contributed by atoms with Crippen molar-refractivity contribution in [1.29, 1.82) is 0 Å². The Kier molecular flexibility index (Phi) is 10.2. The van der Waals surface area contributed by atoms with Gasteiger partial charge in [0.1, 0.15) is 5.75 Å². The van der Waals surface area contributed by atoms with Crippen molar-refractivity contribution in [3.63, 3.8) is 0 Å². The van der Waals surface area contributed by atoms with E-state index in [9.17, 15) is 18.0 Å². The lowest BCUT2D eigenvalue weighted by atomic mass is 9.86. The molecule has 0 atom stereocenters. The summed E-state index contributed by atoms with van der Waals surface area (Å²) in [5, 5.41) is 1.36. The first-order valence-electron chi connectivity index (χ1n) is 11.6. The average molecular weight is 555 g/mol. The van der Waals surface area contributed by atoms with Crippen molar-refractivity contribution in [2.45, 2.75) is 43.5 Å². The maximum atomic E-state index is 12.4. The van der Waals surface area contributed by atoms with E-state index in [4.69, 9.17) is 27.9 Å². The molecule has 3 rings (SSSR count). The van der Waals surface area contributed by atoms with Gasteiger partial charge in [0.2, 0.25) is 5.78 Å². The Hall–Kier alpha value is -2.15. The van der Waals surface area contributed by atoms with Crippen LogP contribution in [0.2, 0.25) is 10.0 Å². The molecule has 0 unspecified atom stereocenters. The molecule has 2 nitrogen and oxygen atoms in total. The second-order valence-electron chi connectivity index (χ2n) is 8.35. The molecule has 0 N–H and O–H groups in total. The molecular weight excluding hydrogens is 528 g/mol. The number of aryl methyl sites for hydroxylation is 1. The molecule has 0 aliphatic rings. The van der Waals surface area contributed by atoms with Crippen LogP contribution in [0.1, 0.15) is 42.9 Å². The number of benzene rings is 3. The van der Waals surface area contributed by atoms with Crippen LogP contribution in [0.4, 0.5) is 13.2 Å². The molecule has 0 aliphatic heterocycles. The molecule has 0 saturated heterocycles. The van der Waals surface area contributed by atoms with Gasteiger partial charge < -0.3 is 4.74 Å². The number of halogens is 5. The maximum Gasteiger partial charge on any atom is 0.449 e. The number of hydrogen-bond donors (Lipinski definition) is 0. The van der Waals surface area contributed by atoms with Gasteiger partial charge in [-0.1, -0.05) is 72.9 Å². The van der Waals surface area contributed by atoms with E-state index >= 15 is 0 Å². The summed E-state index contributed by atoms with van der Waals surface area (Å²) in [4.78, 5) is 11.1. The smallest absolute Gasteiger partial charge is 0.449 e. The topological polar surface area (TPSA) is 26.3 Å². The fraction of sp³-hybridized carbons (Fsp3) is 0.321. The fourth-order valence-electron chi connectivity index (χ4n) is 4.01. The van der Waals surface area contributed by atoms with Gasteiger partial charge in [0.15, 0.2) is 0 Å². The minimum atomic E-state index is -4.79. The Labute approximate surface area is 224 Å². The van der Waals surface area contributed by atoms with Gasteiger partial charge in [0.05, 0.1) is 11.4 Å². The molecule has 0 aliphatic carbocycles. The van der Waals surface area contributed by atoms with Crippen molar-refractivity contribution < 1.29 is 22.7 Å². The lowest BCUT2D eigenvalue weighted by Crippen LogP contribution is -2.25. The minimum absolute atomic E-state index is 0.0379. The summed E-state index contributed by atoms with van der Waals surface area (Å²) in [6.45, 7) is 2.60. The highest BCUT2D eigenvalue weighted by molar-refractivity contribution is 8.00. The quantitative estimate of drug-likeness (QED) is 0.209. The van der Waals surface area contributed by atoms with Crippen molar-refractivity contribution in [3.05, 3.63) is 99.5 Å². The van der Waals surface area contributed by atoms with Crippen LogP contribution in [0.15, 0.2) is 72.8 Å². The highest BCUT2D eigenvalue weighted by Crippen LogP contribution is 2.47. The number of carbonyl (C=O) groups is 1. The predicted molar refractivity (Wildman–Crippen MR) is 142 cm³/mol. The van der Waals surface area contributed by atoms with Crippen LogP contribution < -0.4 is 4.74 Å². The third-order valence-corrected chi connectivity index (χ3v) is 7.85. The first-order valence-corrected chi connectivity index (χ1v) is 13.4. The lowest BCUT2D eigenvalue weighted by Gasteiger charge is -2.35. The third kappa shape index (κ3) is 7.67. The van der Waals surface area contributed by atoms with Gasteiger partial charge in [-0.2, -0.15) is 13.2 Å². The summed E-state index contributed by atoms with van der Waals surface area (Å²) in [7, 11) is 0. The van der Waals surface area contributed by atoms with E-state index in [1.165, 1.54) is 0 Å². The first kappa shape index (κ1) is 28.4. The normalized spacial score (nSPS) is 11.9. The molecule has 0 amide bonds. The van der Waals surface area contributed by atoms with E-state index in [1.807, 2.05) is 24.3 Å². The van der Waals surface area contributed by atoms with Crippen LogP contribution in [0.25, 0.3) is 0 Å². The predicted octanol–water partition coefficient (Wildman–Crippen LogP) is 8.91. The molecule has 0 bridgehead atoms. The van der Waals surface area contributed by atoms with Crippen LogP contribution in [0, 0.1) is 0 Å². The summed E-state index contributed by atoms with van der Waals surface area (Å²) in [5.41, 5.74) is 2.96. The zero-order valence-electron chi connectivity index (χ0n) is 19.8. The van der Waals surface area contributed by atoms with E-state index in [-0.39, 0.29) is 11.2 Å². The van der Waals surface area contributed by atoms with Crippen LogP contribution in [0.5, 0.6) is 5.75 Å². The molecule has 36 heavy (non-hydrogen) atoms. The van der Waals surface area contributed by atoms with Crippen molar-refractivity contribution in [1.82, 2.24) is 0 Å². The van der Waals surface area contributed by atoms with Crippen LogP contribution in [0.3, 0.4) is 0 Å². The summed E-state index contributed by atoms with van der Waals surface area (Å²) in [6.07, 6.45) is -3.43. The van der Waals surface area contributed by atoms with Gasteiger partial charge in [-0.3, -0.25) is 4.79 Å². The summed E-state index contributed by atoms with van der Waals surface area (Å²) < 4.78 is 42.8. The van der Waals surface area contributed by atoms with Gasteiger partial charge in [-0.25, -0.2) is 0 Å². The van der Waals surface area contributed by atoms with E-state index in [2.05, 4.69) is 31.2 Å². The monoisotopic (exact) mass is 554 g/mol. The van der Waals surface area contributed by atoms with E-state index in [0.717, 1.165) is 24.0 Å². The Morgan fingerprint density at radius 2 is 1.39 bits per heavy atom. The molecule has 3 aromatic carbocycles. The summed E-state index contributed by atoms with van der Waals surface area (Å²) in [6, 6.07) is 22.7. The fourth-order valence-corrected chi connectivity index (χ4v) is 5.73. The summed E-state index contributed by atoms with van der Waals surface area (Å²) >= 11 is 14.1. The van der Waals surface area contributed by atoms with Crippen LogP contribution in [-0.4, -0.2) is 24.3 Å². The molecule has 192 valence electrons. The number of thioether (sulfide) groups is 1. The standard InChI is InChI=1S/C28H27Cl2F3O2S/c1-2-17-27(21-6-10-23(29)11-7-21,22-8-12-24(30)13-9-22)36-19-18-35-25-14-3-20(4-15-25)5-16-26(34)28(31,32)33/h3-4,6-15H,2,5,16-19H2,1H3. The molecule has 0 saturated carbocycles. The van der Waals surface area contributed by atoms with E-state index < -0.39 is 18.4 Å². The van der Waals surface area contributed by atoms with Gasteiger partial charge in [0.25, 0.3) is 0 Å². The molecule has 0 spiro atoms. The zero-order chi connectivity index (χ0) is 26.2. The molecule has 0 aromatic heterocycles.